The molecule has 28 heavy (non-hydrogen) atoms. The Bertz CT molecular complexity index is 1110. The van der Waals surface area contributed by atoms with Gasteiger partial charge < -0.3 is 10.4 Å². The van der Waals surface area contributed by atoms with Gasteiger partial charge >= 0.3 is 0 Å². The molecule has 4 rings (SSSR count). The van der Waals surface area contributed by atoms with Gasteiger partial charge in [0.15, 0.2) is 5.56 Å². The molecule has 0 radical (unpaired) electrons. The number of aromatic hydroxyl groups is 1. The molecule has 3 aromatic rings. The van der Waals surface area contributed by atoms with Crippen LogP contribution in [0.4, 0.5) is 0 Å². The summed E-state index contributed by atoms with van der Waals surface area (Å²) in [7, 11) is 0. The molecule has 0 atom stereocenters. The average Bonchev–Trinajstić information content (AvgIpc) is 3.32. The SMILES string of the molecule is CC(C)(C)Cn1c(=O)c(C(=O)NC2CC2)c(O)n2nc(-c3cnccn3)cc12. The summed E-state index contributed by atoms with van der Waals surface area (Å²) in [5, 5.41) is 17.9. The number of carbonyl (C=O) groups excluding carboxylic acids is 1. The van der Waals surface area contributed by atoms with Gasteiger partial charge in [0.2, 0.25) is 5.88 Å². The normalized spacial score (nSPS) is 14.4. The van der Waals surface area contributed by atoms with E-state index in [2.05, 4.69) is 20.4 Å². The van der Waals surface area contributed by atoms with Gasteiger partial charge in [0.1, 0.15) is 17.0 Å². The molecule has 3 aromatic heterocycles. The Hall–Kier alpha value is -3.23. The fourth-order valence-electron chi connectivity index (χ4n) is 3.03. The number of hydrogen-bond donors (Lipinski definition) is 2. The Morgan fingerprint density at radius 1 is 1.29 bits per heavy atom. The molecule has 0 unspecified atom stereocenters. The lowest BCUT2D eigenvalue weighted by Gasteiger charge is -2.21. The number of aromatic nitrogens is 5. The highest BCUT2D eigenvalue weighted by atomic mass is 16.3. The summed E-state index contributed by atoms with van der Waals surface area (Å²) in [4.78, 5) is 34.0. The minimum absolute atomic E-state index is 0.0610. The Labute approximate surface area is 161 Å². The maximum Gasteiger partial charge on any atom is 0.270 e. The number of nitrogens with one attached hydrogen (secondary N) is 1. The summed E-state index contributed by atoms with van der Waals surface area (Å²) in [5.41, 5.74) is 0.277. The maximum atomic E-state index is 13.1. The molecule has 0 saturated heterocycles. The van der Waals surface area contributed by atoms with Crippen LogP contribution in [0, 0.1) is 5.41 Å². The van der Waals surface area contributed by atoms with Crippen molar-refractivity contribution in [1.82, 2.24) is 29.5 Å². The lowest BCUT2D eigenvalue weighted by Crippen LogP contribution is -2.37. The summed E-state index contributed by atoms with van der Waals surface area (Å²) in [6.07, 6.45) is 6.39. The number of carbonyl (C=O) groups is 1. The third-order valence-corrected chi connectivity index (χ3v) is 4.45. The molecular weight excluding hydrogens is 360 g/mol. The van der Waals surface area contributed by atoms with Crippen LogP contribution in [0.5, 0.6) is 5.88 Å². The van der Waals surface area contributed by atoms with Crippen LogP contribution >= 0.6 is 0 Å². The molecule has 0 spiro atoms. The van der Waals surface area contributed by atoms with Gasteiger partial charge in [-0.05, 0) is 18.3 Å². The quantitative estimate of drug-likeness (QED) is 0.708. The Morgan fingerprint density at radius 3 is 2.64 bits per heavy atom. The van der Waals surface area contributed by atoms with Crippen molar-refractivity contribution in [2.75, 3.05) is 0 Å². The van der Waals surface area contributed by atoms with Crippen molar-refractivity contribution in [2.45, 2.75) is 46.2 Å². The topological polar surface area (TPSA) is 114 Å². The monoisotopic (exact) mass is 382 g/mol. The largest absolute Gasteiger partial charge is 0.492 e. The van der Waals surface area contributed by atoms with E-state index in [-0.39, 0.29) is 17.0 Å². The molecule has 0 aromatic carbocycles. The zero-order chi connectivity index (χ0) is 20.1. The number of nitrogens with zero attached hydrogens (tertiary/aromatic N) is 5. The fourth-order valence-corrected chi connectivity index (χ4v) is 3.03. The van der Waals surface area contributed by atoms with Crippen LogP contribution in [-0.2, 0) is 6.54 Å². The van der Waals surface area contributed by atoms with E-state index in [0.717, 1.165) is 12.8 Å². The molecular formula is C19H22N6O3. The zero-order valence-corrected chi connectivity index (χ0v) is 16.0. The van der Waals surface area contributed by atoms with Gasteiger partial charge in [-0.3, -0.25) is 24.1 Å². The molecule has 1 fully saturated rings. The molecule has 9 nitrogen and oxygen atoms in total. The van der Waals surface area contributed by atoms with Crippen molar-refractivity contribution in [3.63, 3.8) is 0 Å². The van der Waals surface area contributed by atoms with Gasteiger partial charge in [-0.25, -0.2) is 0 Å². The molecule has 3 heterocycles. The van der Waals surface area contributed by atoms with Gasteiger partial charge in [-0.2, -0.15) is 9.61 Å². The van der Waals surface area contributed by atoms with Crippen molar-refractivity contribution in [1.29, 1.82) is 0 Å². The van der Waals surface area contributed by atoms with E-state index in [9.17, 15) is 14.7 Å². The standard InChI is InChI=1S/C19H22N6O3/c1-19(2,3)10-24-14-8-12(13-9-20-6-7-21-13)23-25(14)18(28)15(17(24)27)16(26)22-11-4-5-11/h6-9,11,28H,4-5,10H2,1-3H3,(H,22,26). The first-order valence-electron chi connectivity index (χ1n) is 9.17. The summed E-state index contributed by atoms with van der Waals surface area (Å²) < 4.78 is 2.70. The lowest BCUT2D eigenvalue weighted by atomic mass is 9.97. The molecule has 1 aliphatic rings. The molecule has 0 bridgehead atoms. The zero-order valence-electron chi connectivity index (χ0n) is 16.0. The first-order chi connectivity index (χ1) is 13.2. The van der Waals surface area contributed by atoms with Gasteiger partial charge in [0.05, 0.1) is 6.20 Å². The van der Waals surface area contributed by atoms with E-state index in [1.165, 1.54) is 15.3 Å². The average molecular weight is 382 g/mol. The van der Waals surface area contributed by atoms with E-state index < -0.39 is 17.3 Å². The molecule has 1 saturated carbocycles. The number of fused-ring (bicyclic) bond motifs is 1. The molecule has 1 amide bonds. The highest BCUT2D eigenvalue weighted by molar-refractivity contribution is 5.96. The van der Waals surface area contributed by atoms with Crippen LogP contribution in [0.25, 0.3) is 17.0 Å². The minimum Gasteiger partial charge on any atom is -0.492 e. The van der Waals surface area contributed by atoms with Gasteiger partial charge in [-0.1, -0.05) is 20.8 Å². The second kappa shape index (κ2) is 6.43. The smallest absolute Gasteiger partial charge is 0.270 e. The van der Waals surface area contributed by atoms with Crippen LogP contribution in [0.1, 0.15) is 44.0 Å². The highest BCUT2D eigenvalue weighted by Gasteiger charge is 2.30. The van der Waals surface area contributed by atoms with Crippen LogP contribution < -0.4 is 10.9 Å². The number of rotatable bonds is 4. The van der Waals surface area contributed by atoms with Crippen LogP contribution in [0.15, 0.2) is 29.5 Å². The second-order valence-corrected chi connectivity index (χ2v) is 8.29. The molecule has 146 valence electrons. The predicted octanol–water partition coefficient (Wildman–Crippen LogP) is 1.60. The Balaban J connectivity index is 1.95. The molecule has 0 aliphatic heterocycles. The summed E-state index contributed by atoms with van der Waals surface area (Å²) in [5.74, 6) is -1.05. The summed E-state index contributed by atoms with van der Waals surface area (Å²) >= 11 is 0. The van der Waals surface area contributed by atoms with Crippen molar-refractivity contribution in [3.8, 4) is 17.3 Å². The summed E-state index contributed by atoms with van der Waals surface area (Å²) in [6.45, 7) is 6.33. The van der Waals surface area contributed by atoms with Gasteiger partial charge in [0, 0.05) is 31.0 Å². The Kier molecular flexibility index (Phi) is 4.17. The van der Waals surface area contributed by atoms with E-state index in [0.29, 0.717) is 23.6 Å². The maximum absolute atomic E-state index is 13.1. The van der Waals surface area contributed by atoms with E-state index in [4.69, 9.17) is 0 Å². The van der Waals surface area contributed by atoms with Crippen LogP contribution in [0.3, 0.4) is 0 Å². The first-order valence-corrected chi connectivity index (χ1v) is 9.17. The van der Waals surface area contributed by atoms with E-state index >= 15 is 0 Å². The van der Waals surface area contributed by atoms with Crippen molar-refractivity contribution < 1.29 is 9.90 Å². The van der Waals surface area contributed by atoms with Gasteiger partial charge in [-0.15, -0.1) is 0 Å². The molecule has 2 N–H and O–H groups in total. The third-order valence-electron chi connectivity index (χ3n) is 4.45. The van der Waals surface area contributed by atoms with E-state index in [1.807, 2.05) is 20.8 Å². The minimum atomic E-state index is -0.578. The number of hydrogen-bond acceptors (Lipinski definition) is 6. The Morgan fingerprint density at radius 2 is 2.04 bits per heavy atom. The predicted molar refractivity (Wildman–Crippen MR) is 102 cm³/mol. The molecule has 9 heteroatoms. The highest BCUT2D eigenvalue weighted by Crippen LogP contribution is 2.25. The van der Waals surface area contributed by atoms with Crippen LogP contribution in [0.2, 0.25) is 0 Å². The van der Waals surface area contributed by atoms with Crippen molar-refractivity contribution in [3.05, 3.63) is 40.6 Å². The van der Waals surface area contributed by atoms with E-state index in [1.54, 1.807) is 18.5 Å². The molecule has 1 aliphatic carbocycles. The first kappa shape index (κ1) is 18.1. The second-order valence-electron chi connectivity index (χ2n) is 8.29. The lowest BCUT2D eigenvalue weighted by molar-refractivity contribution is 0.0944. The van der Waals surface area contributed by atoms with Crippen LogP contribution in [-0.4, -0.2) is 41.2 Å². The van der Waals surface area contributed by atoms with Crippen molar-refractivity contribution in [2.24, 2.45) is 5.41 Å². The summed E-state index contributed by atoms with van der Waals surface area (Å²) in [6, 6.07) is 1.73. The fraction of sp³-hybridized carbons (Fsp3) is 0.421. The van der Waals surface area contributed by atoms with Crippen molar-refractivity contribution >= 4 is 11.6 Å². The third kappa shape index (κ3) is 3.35. The number of amides is 1. The van der Waals surface area contributed by atoms with Gasteiger partial charge in [0.25, 0.3) is 11.5 Å².